The molecule has 146 valence electrons. The van der Waals surface area contributed by atoms with Crippen LogP contribution in [-0.4, -0.2) is 112 Å². The van der Waals surface area contributed by atoms with Gasteiger partial charge in [0.2, 0.25) is 0 Å². The van der Waals surface area contributed by atoms with Gasteiger partial charge in [-0.1, -0.05) is 0 Å². The van der Waals surface area contributed by atoms with Gasteiger partial charge in [0.25, 0.3) is 0 Å². The third-order valence-electron chi connectivity index (χ3n) is 3.83. The molecule has 0 aliphatic carbocycles. The highest BCUT2D eigenvalue weighted by molar-refractivity contribution is 4.67. The molecule has 0 bridgehead atoms. The molecule has 0 fully saturated rings. The maximum Gasteiger partial charge on any atom is 0.0592 e. The van der Waals surface area contributed by atoms with E-state index in [4.69, 9.17) is 28.8 Å². The molecule has 0 heterocycles. The fraction of sp³-hybridized carbons (Fsp3) is 1.00. The van der Waals surface area contributed by atoms with E-state index in [2.05, 4.69) is 15.2 Å². The number of nitrogens with zero attached hydrogens (tertiary/aromatic N) is 4. The molecule has 0 aliphatic rings. The van der Waals surface area contributed by atoms with Crippen LogP contribution in [0.5, 0.6) is 0 Å². The second-order valence-electron chi connectivity index (χ2n) is 5.87. The average molecular weight is 349 g/mol. The lowest BCUT2D eigenvalue weighted by Gasteiger charge is -2.29. The summed E-state index contributed by atoms with van der Waals surface area (Å²) in [6.07, 6.45) is 0. The Morgan fingerprint density at radius 2 is 1.17 bits per heavy atom. The first kappa shape index (κ1) is 23.6. The van der Waals surface area contributed by atoms with Crippen LogP contribution in [-0.2, 0) is 0 Å². The molecule has 10 nitrogen and oxygen atoms in total. The van der Waals surface area contributed by atoms with Crippen LogP contribution in [0.3, 0.4) is 0 Å². The Morgan fingerprint density at radius 3 is 1.67 bits per heavy atom. The van der Waals surface area contributed by atoms with E-state index in [-0.39, 0.29) is 0 Å². The molecule has 0 amide bonds. The third kappa shape index (κ3) is 13.0. The van der Waals surface area contributed by atoms with Crippen molar-refractivity contribution in [2.45, 2.75) is 0 Å². The Bertz CT molecular complexity index is 262. The fourth-order valence-electron chi connectivity index (χ4n) is 2.33. The predicted octanol–water partition coefficient (Wildman–Crippen LogP) is -4.01. The molecule has 0 aromatic heterocycles. The van der Waals surface area contributed by atoms with Gasteiger partial charge in [0.15, 0.2) is 0 Å². The van der Waals surface area contributed by atoms with Crippen molar-refractivity contribution in [2.24, 2.45) is 28.8 Å². The van der Waals surface area contributed by atoms with Crippen LogP contribution < -0.4 is 34.2 Å². The molecule has 0 aromatic rings. The number of rotatable bonds is 17. The smallest absolute Gasteiger partial charge is 0.0592 e. The Balaban J connectivity index is 4.31. The summed E-state index contributed by atoms with van der Waals surface area (Å²) in [7, 11) is 1.93. The highest BCUT2D eigenvalue weighted by Crippen LogP contribution is 1.93. The largest absolute Gasteiger partial charge is 0.329 e. The van der Waals surface area contributed by atoms with Crippen molar-refractivity contribution in [1.29, 1.82) is 0 Å². The Labute approximate surface area is 147 Å². The molecule has 0 unspecified atom stereocenters. The van der Waals surface area contributed by atoms with Crippen molar-refractivity contribution in [1.82, 2.24) is 25.2 Å². The van der Waals surface area contributed by atoms with Gasteiger partial charge in [-0.15, -0.1) is 0 Å². The van der Waals surface area contributed by atoms with Crippen LogP contribution in [0.2, 0.25) is 0 Å². The number of hydrogen-bond donors (Lipinski definition) is 6. The SMILES string of the molecule is CN(CN)NCCN(CCN(N)CCN)CCN(CCN)CCN. The van der Waals surface area contributed by atoms with Crippen LogP contribution in [0.15, 0.2) is 0 Å². The summed E-state index contributed by atoms with van der Waals surface area (Å²) in [4.78, 5) is 4.68. The molecule has 0 aliphatic heterocycles. The van der Waals surface area contributed by atoms with E-state index in [1.165, 1.54) is 0 Å². The molecule has 0 radical (unpaired) electrons. The van der Waals surface area contributed by atoms with Crippen LogP contribution in [0, 0.1) is 0 Å². The standard InChI is InChI=1S/C14H40N10/c1-21(14-18)20-5-9-23(12-13-24(19)8-4-17)11-10-22(6-2-15)7-3-16/h20H,2-19H2,1H3. The number of hydrogen-bond acceptors (Lipinski definition) is 10. The van der Waals surface area contributed by atoms with E-state index >= 15 is 0 Å². The van der Waals surface area contributed by atoms with Gasteiger partial charge in [-0.2, -0.15) is 0 Å². The van der Waals surface area contributed by atoms with Gasteiger partial charge in [-0.25, -0.2) is 10.0 Å². The first-order valence-electron chi connectivity index (χ1n) is 8.76. The summed E-state index contributed by atoms with van der Waals surface area (Å²) in [5.41, 5.74) is 25.7. The maximum absolute atomic E-state index is 5.93. The lowest BCUT2D eigenvalue weighted by atomic mass is 10.3. The summed E-state index contributed by atoms with van der Waals surface area (Å²) in [6, 6.07) is 0. The molecule has 0 aromatic carbocycles. The molecular weight excluding hydrogens is 308 g/mol. The molecule has 0 rings (SSSR count). The van der Waals surface area contributed by atoms with Gasteiger partial charge in [-0.3, -0.25) is 21.1 Å². The summed E-state index contributed by atoms with van der Waals surface area (Å²) in [5, 5.41) is 3.64. The van der Waals surface area contributed by atoms with Crippen molar-refractivity contribution in [3.05, 3.63) is 0 Å². The molecule has 0 spiro atoms. The van der Waals surface area contributed by atoms with Gasteiger partial charge < -0.3 is 22.9 Å². The summed E-state index contributed by atoms with van der Waals surface area (Å²) in [6.45, 7) is 10.1. The molecule has 10 heteroatoms. The van der Waals surface area contributed by atoms with E-state index in [0.717, 1.165) is 52.4 Å². The molecule has 0 atom stereocenters. The average Bonchev–Trinajstić information content (AvgIpc) is 2.57. The Kier molecular flexibility index (Phi) is 15.8. The Morgan fingerprint density at radius 1 is 0.667 bits per heavy atom. The first-order chi connectivity index (χ1) is 11.6. The molecule has 0 saturated carbocycles. The normalized spacial score (nSPS) is 12.2. The van der Waals surface area contributed by atoms with Crippen molar-refractivity contribution in [3.63, 3.8) is 0 Å². The minimum atomic E-state index is 0.480. The zero-order valence-electron chi connectivity index (χ0n) is 15.4. The topological polar surface area (TPSA) is 155 Å². The van der Waals surface area contributed by atoms with Gasteiger partial charge in [0, 0.05) is 85.6 Å². The highest BCUT2D eigenvalue weighted by Gasteiger charge is 2.10. The van der Waals surface area contributed by atoms with Crippen molar-refractivity contribution < 1.29 is 0 Å². The zero-order valence-corrected chi connectivity index (χ0v) is 15.4. The predicted molar refractivity (Wildman–Crippen MR) is 101 cm³/mol. The highest BCUT2D eigenvalue weighted by atomic mass is 15.5. The van der Waals surface area contributed by atoms with Gasteiger partial charge in [0.05, 0.1) is 6.67 Å². The number of nitrogens with one attached hydrogen (secondary N) is 1. The van der Waals surface area contributed by atoms with E-state index in [1.54, 1.807) is 5.01 Å². The van der Waals surface area contributed by atoms with Crippen molar-refractivity contribution >= 4 is 0 Å². The zero-order chi connectivity index (χ0) is 18.2. The third-order valence-corrected chi connectivity index (χ3v) is 3.83. The second kappa shape index (κ2) is 16.1. The second-order valence-corrected chi connectivity index (χ2v) is 5.87. The molecule has 0 saturated heterocycles. The summed E-state index contributed by atoms with van der Waals surface area (Å²) in [5.74, 6) is 5.93. The van der Waals surface area contributed by atoms with Crippen molar-refractivity contribution in [3.8, 4) is 0 Å². The maximum atomic E-state index is 5.93. The minimum Gasteiger partial charge on any atom is -0.329 e. The van der Waals surface area contributed by atoms with E-state index in [1.807, 2.05) is 12.1 Å². The van der Waals surface area contributed by atoms with Crippen LogP contribution in [0.25, 0.3) is 0 Å². The van der Waals surface area contributed by atoms with E-state index < -0.39 is 0 Å². The number of nitrogens with two attached hydrogens (primary N) is 5. The van der Waals surface area contributed by atoms with Gasteiger partial charge in [0.1, 0.15) is 0 Å². The van der Waals surface area contributed by atoms with Crippen LogP contribution >= 0.6 is 0 Å². The minimum absolute atomic E-state index is 0.480. The lowest BCUT2D eigenvalue weighted by molar-refractivity contribution is 0.164. The van der Waals surface area contributed by atoms with Gasteiger partial charge >= 0.3 is 0 Å². The molecule has 24 heavy (non-hydrogen) atoms. The molecule has 11 N–H and O–H groups in total. The van der Waals surface area contributed by atoms with E-state index in [0.29, 0.717) is 32.8 Å². The Hall–Kier alpha value is -0.400. The summed E-state index contributed by atoms with van der Waals surface area (Å²) < 4.78 is 0. The lowest BCUT2D eigenvalue weighted by Crippen LogP contribution is -2.47. The van der Waals surface area contributed by atoms with Crippen LogP contribution in [0.1, 0.15) is 0 Å². The van der Waals surface area contributed by atoms with E-state index in [9.17, 15) is 0 Å². The monoisotopic (exact) mass is 348 g/mol. The quantitative estimate of drug-likeness (QED) is 0.0870. The van der Waals surface area contributed by atoms with Gasteiger partial charge in [-0.05, 0) is 0 Å². The summed E-state index contributed by atoms with van der Waals surface area (Å²) >= 11 is 0. The fourth-order valence-corrected chi connectivity index (χ4v) is 2.33. The van der Waals surface area contributed by atoms with Crippen LogP contribution in [0.4, 0.5) is 0 Å². The number of hydrazine groups is 2. The van der Waals surface area contributed by atoms with Crippen molar-refractivity contribution in [2.75, 3.05) is 92.3 Å². The molecular formula is C14H40N10. The first-order valence-corrected chi connectivity index (χ1v) is 8.76.